The Morgan fingerprint density at radius 3 is 2.35 bits per heavy atom. The third-order valence-electron chi connectivity index (χ3n) is 2.00. The smallest absolute Gasteiger partial charge is 0.242 e. The summed E-state index contributed by atoms with van der Waals surface area (Å²) in [5.74, 6) is -0.950. The number of carbonyl (C=O) groups is 3. The standard InChI is InChI=1S/C10H20N4O3/c1-3-4-12-9(16)7-14(2)10(17)6-13-8(15)5-11/h3-7,11H2,1-2H3,(H,12,16)(H,13,15). The molecule has 3 amide bonds. The molecule has 7 heteroatoms. The van der Waals surface area contributed by atoms with Crippen LogP contribution >= 0.6 is 0 Å². The van der Waals surface area contributed by atoms with Crippen molar-refractivity contribution in [3.63, 3.8) is 0 Å². The average molecular weight is 244 g/mol. The predicted molar refractivity (Wildman–Crippen MR) is 63.0 cm³/mol. The molecule has 0 rings (SSSR count). The van der Waals surface area contributed by atoms with Gasteiger partial charge in [0.15, 0.2) is 0 Å². The summed E-state index contributed by atoms with van der Waals surface area (Å²) in [6.07, 6.45) is 0.843. The van der Waals surface area contributed by atoms with E-state index in [1.807, 2.05) is 6.92 Å². The van der Waals surface area contributed by atoms with Crippen molar-refractivity contribution >= 4 is 17.7 Å². The summed E-state index contributed by atoms with van der Waals surface area (Å²) >= 11 is 0. The number of nitrogens with two attached hydrogens (primary N) is 1. The largest absolute Gasteiger partial charge is 0.355 e. The molecule has 0 aromatic carbocycles. The molecule has 4 N–H and O–H groups in total. The van der Waals surface area contributed by atoms with Gasteiger partial charge in [-0.05, 0) is 6.42 Å². The number of carbonyl (C=O) groups excluding carboxylic acids is 3. The average Bonchev–Trinajstić information content (AvgIpc) is 2.32. The molecule has 0 aromatic rings. The third-order valence-corrected chi connectivity index (χ3v) is 2.00. The van der Waals surface area contributed by atoms with E-state index < -0.39 is 5.91 Å². The topological polar surface area (TPSA) is 105 Å². The number of amides is 3. The summed E-state index contributed by atoms with van der Waals surface area (Å²) in [7, 11) is 1.50. The molecule has 98 valence electrons. The maximum absolute atomic E-state index is 11.5. The second-order valence-electron chi connectivity index (χ2n) is 3.58. The minimum Gasteiger partial charge on any atom is -0.355 e. The van der Waals surface area contributed by atoms with Gasteiger partial charge in [0.1, 0.15) is 0 Å². The van der Waals surface area contributed by atoms with Gasteiger partial charge in [0.05, 0.1) is 19.6 Å². The van der Waals surface area contributed by atoms with Gasteiger partial charge in [-0.1, -0.05) is 6.92 Å². The maximum atomic E-state index is 11.5. The van der Waals surface area contributed by atoms with Crippen molar-refractivity contribution < 1.29 is 14.4 Å². The van der Waals surface area contributed by atoms with Crippen LogP contribution in [0.15, 0.2) is 0 Å². The second kappa shape index (κ2) is 8.51. The fourth-order valence-electron chi connectivity index (χ4n) is 1.01. The van der Waals surface area contributed by atoms with Crippen LogP contribution in [0.5, 0.6) is 0 Å². The minimum atomic E-state index is -0.401. The Morgan fingerprint density at radius 2 is 1.82 bits per heavy atom. The summed E-state index contributed by atoms with van der Waals surface area (Å²) in [4.78, 5) is 34.8. The molecule has 0 aliphatic heterocycles. The molecule has 0 aromatic heterocycles. The molecule has 0 saturated carbocycles. The van der Waals surface area contributed by atoms with Crippen LogP contribution in [0.1, 0.15) is 13.3 Å². The zero-order valence-corrected chi connectivity index (χ0v) is 10.3. The highest BCUT2D eigenvalue weighted by atomic mass is 16.2. The normalized spacial score (nSPS) is 9.59. The van der Waals surface area contributed by atoms with Crippen molar-refractivity contribution in [2.45, 2.75) is 13.3 Å². The molecule has 0 heterocycles. The van der Waals surface area contributed by atoms with Gasteiger partial charge in [-0.25, -0.2) is 0 Å². The lowest BCUT2D eigenvalue weighted by molar-refractivity contribution is -0.135. The first-order valence-corrected chi connectivity index (χ1v) is 5.48. The summed E-state index contributed by atoms with van der Waals surface area (Å²) in [5.41, 5.74) is 5.07. The quantitative estimate of drug-likeness (QED) is 0.484. The lowest BCUT2D eigenvalue weighted by Gasteiger charge is -2.16. The van der Waals surface area contributed by atoms with Crippen molar-refractivity contribution in [3.8, 4) is 0 Å². The van der Waals surface area contributed by atoms with Gasteiger partial charge in [0.25, 0.3) is 0 Å². The van der Waals surface area contributed by atoms with Gasteiger partial charge in [-0.15, -0.1) is 0 Å². The summed E-state index contributed by atoms with van der Waals surface area (Å²) in [6.45, 7) is 2.21. The molecule has 0 radical (unpaired) electrons. The van der Waals surface area contributed by atoms with Crippen LogP contribution < -0.4 is 16.4 Å². The zero-order chi connectivity index (χ0) is 13.3. The Bertz CT molecular complexity index is 281. The first-order chi connectivity index (χ1) is 8.01. The number of rotatable bonds is 7. The van der Waals surface area contributed by atoms with E-state index in [0.29, 0.717) is 6.54 Å². The van der Waals surface area contributed by atoms with E-state index in [9.17, 15) is 14.4 Å². The van der Waals surface area contributed by atoms with Crippen LogP contribution in [0.25, 0.3) is 0 Å². The molecule has 0 saturated heterocycles. The molecule has 7 nitrogen and oxygen atoms in total. The van der Waals surface area contributed by atoms with Gasteiger partial charge in [-0.3, -0.25) is 14.4 Å². The molecule has 0 unspecified atom stereocenters. The van der Waals surface area contributed by atoms with E-state index in [2.05, 4.69) is 10.6 Å². The highest BCUT2D eigenvalue weighted by Gasteiger charge is 2.12. The number of nitrogens with one attached hydrogen (secondary N) is 2. The van der Waals surface area contributed by atoms with Gasteiger partial charge in [0, 0.05) is 13.6 Å². The summed E-state index contributed by atoms with van der Waals surface area (Å²) in [6, 6.07) is 0. The van der Waals surface area contributed by atoms with Crippen molar-refractivity contribution in [2.75, 3.05) is 33.2 Å². The number of nitrogens with zero attached hydrogens (tertiary/aromatic N) is 1. The van der Waals surface area contributed by atoms with Crippen molar-refractivity contribution in [1.29, 1.82) is 0 Å². The van der Waals surface area contributed by atoms with Crippen LogP contribution in [-0.2, 0) is 14.4 Å². The highest BCUT2D eigenvalue weighted by Crippen LogP contribution is 1.84. The first-order valence-electron chi connectivity index (χ1n) is 5.48. The second-order valence-corrected chi connectivity index (χ2v) is 3.58. The lowest BCUT2D eigenvalue weighted by atomic mass is 10.4. The first kappa shape index (κ1) is 15.4. The van der Waals surface area contributed by atoms with E-state index in [0.717, 1.165) is 6.42 Å². The van der Waals surface area contributed by atoms with E-state index in [1.54, 1.807) is 0 Å². The molecule has 0 aliphatic rings. The van der Waals surface area contributed by atoms with Gasteiger partial charge in [-0.2, -0.15) is 0 Å². The monoisotopic (exact) mass is 244 g/mol. The summed E-state index contributed by atoms with van der Waals surface area (Å²) < 4.78 is 0. The lowest BCUT2D eigenvalue weighted by Crippen LogP contribution is -2.44. The van der Waals surface area contributed by atoms with Crippen LogP contribution in [0.2, 0.25) is 0 Å². The van der Waals surface area contributed by atoms with Gasteiger partial charge in [0.2, 0.25) is 17.7 Å². The highest BCUT2D eigenvalue weighted by molar-refractivity contribution is 5.88. The third kappa shape index (κ3) is 7.29. The van der Waals surface area contributed by atoms with Gasteiger partial charge >= 0.3 is 0 Å². The minimum absolute atomic E-state index is 0.0165. The number of hydrogen-bond donors (Lipinski definition) is 3. The molecule has 0 atom stereocenters. The molecule has 0 bridgehead atoms. The molecule has 0 fully saturated rings. The Hall–Kier alpha value is -1.63. The molecule has 0 spiro atoms. The van der Waals surface area contributed by atoms with E-state index in [1.165, 1.54) is 11.9 Å². The van der Waals surface area contributed by atoms with Crippen molar-refractivity contribution in [1.82, 2.24) is 15.5 Å². The SMILES string of the molecule is CCCNC(=O)CN(C)C(=O)CNC(=O)CN. The van der Waals surface area contributed by atoms with E-state index >= 15 is 0 Å². The molecular weight excluding hydrogens is 224 g/mol. The fraction of sp³-hybridized carbons (Fsp3) is 0.700. The molecule has 17 heavy (non-hydrogen) atoms. The van der Waals surface area contributed by atoms with Crippen molar-refractivity contribution in [2.24, 2.45) is 5.73 Å². The van der Waals surface area contributed by atoms with Crippen LogP contribution in [0.3, 0.4) is 0 Å². The van der Waals surface area contributed by atoms with Gasteiger partial charge < -0.3 is 21.3 Å². The molecule has 0 aliphatic carbocycles. The Balaban J connectivity index is 3.88. The Labute approximate surface area is 101 Å². The van der Waals surface area contributed by atoms with Crippen LogP contribution in [0, 0.1) is 0 Å². The number of likely N-dealkylation sites (N-methyl/N-ethyl adjacent to an activating group) is 1. The molecular formula is C10H20N4O3. The van der Waals surface area contributed by atoms with Crippen LogP contribution in [0.4, 0.5) is 0 Å². The predicted octanol–water partition coefficient (Wildman–Crippen LogP) is -1.95. The summed E-state index contributed by atoms with van der Waals surface area (Å²) in [5, 5.41) is 5.00. The Kier molecular flexibility index (Phi) is 7.70. The zero-order valence-electron chi connectivity index (χ0n) is 10.3. The fourth-order valence-corrected chi connectivity index (χ4v) is 1.01. The Morgan fingerprint density at radius 1 is 1.18 bits per heavy atom. The van der Waals surface area contributed by atoms with E-state index in [-0.39, 0.29) is 31.4 Å². The van der Waals surface area contributed by atoms with Crippen LogP contribution in [-0.4, -0.2) is 55.8 Å². The van der Waals surface area contributed by atoms with Crippen molar-refractivity contribution in [3.05, 3.63) is 0 Å². The van der Waals surface area contributed by atoms with E-state index in [4.69, 9.17) is 5.73 Å². The number of hydrogen-bond acceptors (Lipinski definition) is 4. The maximum Gasteiger partial charge on any atom is 0.242 e.